The fourth-order valence-electron chi connectivity index (χ4n) is 2.61. The van der Waals surface area contributed by atoms with Crippen molar-refractivity contribution in [3.63, 3.8) is 0 Å². The smallest absolute Gasteiger partial charge is 0.247 e. The molecule has 2 N–H and O–H groups in total. The topological polar surface area (TPSA) is 46.3 Å². The number of likely N-dealkylation sites (tertiary alicyclic amines) is 1. The van der Waals surface area contributed by atoms with Gasteiger partial charge in [0.25, 0.3) is 0 Å². The van der Waals surface area contributed by atoms with Crippen LogP contribution < -0.4 is 5.73 Å². The van der Waals surface area contributed by atoms with Crippen LogP contribution >= 0.6 is 0 Å². The Morgan fingerprint density at radius 1 is 1.33 bits per heavy atom. The van der Waals surface area contributed by atoms with Crippen LogP contribution in [0.15, 0.2) is 30.3 Å². The first-order valence-corrected chi connectivity index (χ1v) is 6.69. The van der Waals surface area contributed by atoms with Crippen LogP contribution in [0, 0.1) is 0 Å². The molecule has 1 amide bonds. The Balaban J connectivity index is 2.21. The van der Waals surface area contributed by atoms with Crippen LogP contribution in [0.25, 0.3) is 0 Å². The number of piperidine rings is 1. The molecule has 0 aliphatic carbocycles. The molecule has 3 heteroatoms. The fraction of sp³-hybridized carbons (Fsp3) is 0.533. The number of hydrogen-bond acceptors (Lipinski definition) is 2. The van der Waals surface area contributed by atoms with Gasteiger partial charge in [-0.3, -0.25) is 4.79 Å². The van der Waals surface area contributed by atoms with Gasteiger partial charge in [-0.05, 0) is 38.7 Å². The molecule has 0 radical (unpaired) electrons. The summed E-state index contributed by atoms with van der Waals surface area (Å²) in [7, 11) is 0. The molecule has 2 rings (SSSR count). The molecule has 0 saturated carbocycles. The van der Waals surface area contributed by atoms with Crippen LogP contribution in [0.5, 0.6) is 0 Å². The predicted octanol–water partition coefficient (Wildman–Crippen LogP) is 2.26. The van der Waals surface area contributed by atoms with Crippen LogP contribution in [0.1, 0.15) is 38.7 Å². The van der Waals surface area contributed by atoms with E-state index in [0.717, 1.165) is 24.9 Å². The number of rotatable bonds is 2. The second-order valence-electron chi connectivity index (χ2n) is 5.41. The molecule has 1 heterocycles. The number of carbonyl (C=O) groups is 1. The summed E-state index contributed by atoms with van der Waals surface area (Å²) in [5.41, 5.74) is 6.24. The third-order valence-corrected chi connectivity index (χ3v) is 3.88. The number of benzene rings is 1. The Morgan fingerprint density at radius 2 is 2.00 bits per heavy atom. The van der Waals surface area contributed by atoms with Gasteiger partial charge >= 0.3 is 0 Å². The fourth-order valence-corrected chi connectivity index (χ4v) is 2.61. The van der Waals surface area contributed by atoms with Gasteiger partial charge in [-0.2, -0.15) is 0 Å². The maximum Gasteiger partial charge on any atom is 0.247 e. The van der Waals surface area contributed by atoms with Crippen LogP contribution in [0.3, 0.4) is 0 Å². The van der Waals surface area contributed by atoms with Gasteiger partial charge in [0.05, 0.1) is 0 Å². The summed E-state index contributed by atoms with van der Waals surface area (Å²) in [5, 5.41) is 0. The second kappa shape index (κ2) is 5.11. The summed E-state index contributed by atoms with van der Waals surface area (Å²) in [6, 6.07) is 9.94. The maximum absolute atomic E-state index is 12.6. The molecule has 0 spiro atoms. The molecule has 98 valence electrons. The van der Waals surface area contributed by atoms with Crippen molar-refractivity contribution in [2.24, 2.45) is 5.73 Å². The van der Waals surface area contributed by atoms with Gasteiger partial charge in [0.1, 0.15) is 5.54 Å². The lowest BCUT2D eigenvalue weighted by Crippen LogP contribution is -2.54. The highest BCUT2D eigenvalue weighted by atomic mass is 16.2. The molecule has 1 fully saturated rings. The molecular weight excluding hydrogens is 224 g/mol. The lowest BCUT2D eigenvalue weighted by Gasteiger charge is -2.38. The maximum atomic E-state index is 12.6. The van der Waals surface area contributed by atoms with E-state index in [1.54, 1.807) is 0 Å². The summed E-state index contributed by atoms with van der Waals surface area (Å²) >= 11 is 0. The SMILES string of the molecule is CC1CCCCN1C(=O)C(C)(N)c1ccccc1. The average Bonchev–Trinajstić information content (AvgIpc) is 2.39. The van der Waals surface area contributed by atoms with Crippen molar-refractivity contribution in [1.29, 1.82) is 0 Å². The van der Waals surface area contributed by atoms with E-state index in [1.165, 1.54) is 6.42 Å². The molecule has 1 aliphatic rings. The first-order valence-electron chi connectivity index (χ1n) is 6.69. The Hall–Kier alpha value is -1.35. The summed E-state index contributed by atoms with van der Waals surface area (Å²) in [6.07, 6.45) is 3.37. The third-order valence-electron chi connectivity index (χ3n) is 3.88. The molecule has 2 unspecified atom stereocenters. The number of amides is 1. The van der Waals surface area contributed by atoms with E-state index in [0.29, 0.717) is 6.04 Å². The number of carbonyl (C=O) groups excluding carboxylic acids is 1. The van der Waals surface area contributed by atoms with Gasteiger partial charge in [0.2, 0.25) is 5.91 Å². The molecule has 1 aliphatic heterocycles. The summed E-state index contributed by atoms with van der Waals surface area (Å²) in [5.74, 6) is 0.0425. The zero-order valence-electron chi connectivity index (χ0n) is 11.2. The first kappa shape index (κ1) is 13.1. The Morgan fingerprint density at radius 3 is 2.61 bits per heavy atom. The van der Waals surface area contributed by atoms with Crippen molar-refractivity contribution in [2.75, 3.05) is 6.54 Å². The first-order chi connectivity index (χ1) is 8.53. The summed E-state index contributed by atoms with van der Waals surface area (Å²) in [6.45, 7) is 4.75. The van der Waals surface area contributed by atoms with Crippen molar-refractivity contribution < 1.29 is 4.79 Å². The van der Waals surface area contributed by atoms with Crippen molar-refractivity contribution in [2.45, 2.75) is 44.7 Å². The van der Waals surface area contributed by atoms with Gasteiger partial charge in [0.15, 0.2) is 0 Å². The molecule has 0 aromatic heterocycles. The molecule has 1 saturated heterocycles. The van der Waals surface area contributed by atoms with Crippen molar-refractivity contribution in [3.05, 3.63) is 35.9 Å². The lowest BCUT2D eigenvalue weighted by atomic mass is 9.90. The highest BCUT2D eigenvalue weighted by Crippen LogP contribution is 2.25. The second-order valence-corrected chi connectivity index (χ2v) is 5.41. The van der Waals surface area contributed by atoms with E-state index in [1.807, 2.05) is 42.2 Å². The standard InChI is InChI=1S/C15H22N2O/c1-12-8-6-7-11-17(12)14(18)15(2,16)13-9-4-3-5-10-13/h3-5,9-10,12H,6-8,11,16H2,1-2H3. The Bertz CT molecular complexity index is 414. The molecule has 18 heavy (non-hydrogen) atoms. The average molecular weight is 246 g/mol. The summed E-state index contributed by atoms with van der Waals surface area (Å²) in [4.78, 5) is 14.6. The van der Waals surface area contributed by atoms with Crippen LogP contribution in [0.2, 0.25) is 0 Å². The highest BCUT2D eigenvalue weighted by Gasteiger charge is 2.36. The largest absolute Gasteiger partial charge is 0.338 e. The van der Waals surface area contributed by atoms with E-state index in [-0.39, 0.29) is 5.91 Å². The minimum atomic E-state index is -0.924. The zero-order valence-corrected chi connectivity index (χ0v) is 11.2. The monoisotopic (exact) mass is 246 g/mol. The Kier molecular flexibility index (Phi) is 3.71. The molecule has 3 nitrogen and oxygen atoms in total. The van der Waals surface area contributed by atoms with Crippen LogP contribution in [0.4, 0.5) is 0 Å². The molecule has 0 bridgehead atoms. The molecule has 2 atom stereocenters. The lowest BCUT2D eigenvalue weighted by molar-refractivity contribution is -0.140. The third kappa shape index (κ3) is 2.41. The van der Waals surface area contributed by atoms with E-state index in [4.69, 9.17) is 5.73 Å². The van der Waals surface area contributed by atoms with Crippen molar-refractivity contribution >= 4 is 5.91 Å². The van der Waals surface area contributed by atoms with E-state index < -0.39 is 5.54 Å². The number of hydrogen-bond donors (Lipinski definition) is 1. The van der Waals surface area contributed by atoms with Crippen LogP contribution in [-0.2, 0) is 10.3 Å². The van der Waals surface area contributed by atoms with Crippen molar-refractivity contribution in [1.82, 2.24) is 4.90 Å². The Labute approximate surface area is 109 Å². The number of nitrogens with two attached hydrogens (primary N) is 1. The number of nitrogens with zero attached hydrogens (tertiary/aromatic N) is 1. The highest BCUT2D eigenvalue weighted by molar-refractivity contribution is 5.87. The van der Waals surface area contributed by atoms with E-state index >= 15 is 0 Å². The zero-order chi connectivity index (χ0) is 13.2. The minimum absolute atomic E-state index is 0.0425. The van der Waals surface area contributed by atoms with Crippen LogP contribution in [-0.4, -0.2) is 23.4 Å². The van der Waals surface area contributed by atoms with Gasteiger partial charge in [-0.15, -0.1) is 0 Å². The van der Waals surface area contributed by atoms with Crippen molar-refractivity contribution in [3.8, 4) is 0 Å². The minimum Gasteiger partial charge on any atom is -0.338 e. The van der Waals surface area contributed by atoms with Gasteiger partial charge in [-0.25, -0.2) is 0 Å². The normalized spacial score (nSPS) is 23.5. The summed E-state index contributed by atoms with van der Waals surface area (Å²) < 4.78 is 0. The van der Waals surface area contributed by atoms with Gasteiger partial charge < -0.3 is 10.6 Å². The van der Waals surface area contributed by atoms with Gasteiger partial charge in [-0.1, -0.05) is 30.3 Å². The molecule has 1 aromatic rings. The molecular formula is C15H22N2O. The van der Waals surface area contributed by atoms with E-state index in [2.05, 4.69) is 6.92 Å². The van der Waals surface area contributed by atoms with Gasteiger partial charge in [0, 0.05) is 12.6 Å². The molecule has 1 aromatic carbocycles. The quantitative estimate of drug-likeness (QED) is 0.870. The predicted molar refractivity (Wildman–Crippen MR) is 73.0 cm³/mol. The van der Waals surface area contributed by atoms with E-state index in [9.17, 15) is 4.79 Å².